The average molecular weight is 200 g/mol. The number of nitrogens with two attached hydrogens (primary N) is 1. The highest BCUT2D eigenvalue weighted by Gasteiger charge is 1.81. The minimum Gasteiger partial charge on any atom is -0.399 e. The molecule has 1 aromatic carbocycles. The predicted molar refractivity (Wildman–Crippen MR) is 60.5 cm³/mol. The minimum atomic E-state index is 0.479. The zero-order valence-electron chi connectivity index (χ0n) is 8.21. The Morgan fingerprint density at radius 3 is 2.00 bits per heavy atom. The topological polar surface area (TPSA) is 56.0 Å². The highest BCUT2D eigenvalue weighted by atomic mass is 16.1. The molecular formula is C12H12N2O. The molecule has 2 N–H and O–H groups in total. The van der Waals surface area contributed by atoms with E-state index >= 15 is 0 Å². The number of nitrogen functional groups attached to an aromatic ring is 1. The Morgan fingerprint density at radius 2 is 1.67 bits per heavy atom. The van der Waals surface area contributed by atoms with Gasteiger partial charge in [-0.05, 0) is 24.3 Å². The molecule has 0 saturated heterocycles. The van der Waals surface area contributed by atoms with Crippen molar-refractivity contribution in [2.45, 2.75) is 0 Å². The van der Waals surface area contributed by atoms with Crippen molar-refractivity contribution < 1.29 is 4.79 Å². The van der Waals surface area contributed by atoms with E-state index in [9.17, 15) is 4.79 Å². The van der Waals surface area contributed by atoms with Crippen molar-refractivity contribution in [2.24, 2.45) is 0 Å². The number of aromatic nitrogens is 1. The zero-order chi connectivity index (χ0) is 10.9. The Kier molecular flexibility index (Phi) is 4.60. The third kappa shape index (κ3) is 4.57. The van der Waals surface area contributed by atoms with Crippen molar-refractivity contribution in [3.8, 4) is 0 Å². The lowest BCUT2D eigenvalue weighted by molar-refractivity contribution is 0.111. The first-order valence-corrected chi connectivity index (χ1v) is 4.49. The summed E-state index contributed by atoms with van der Waals surface area (Å²) < 4.78 is 0. The van der Waals surface area contributed by atoms with E-state index in [2.05, 4.69) is 4.98 Å². The quantitative estimate of drug-likeness (QED) is 0.567. The largest absolute Gasteiger partial charge is 0.399 e. The van der Waals surface area contributed by atoms with E-state index in [1.165, 1.54) is 0 Å². The fourth-order valence-corrected chi connectivity index (χ4v) is 0.899. The number of nitrogens with zero attached hydrogens (tertiary/aromatic N) is 1. The van der Waals surface area contributed by atoms with Crippen LogP contribution in [0.15, 0.2) is 54.7 Å². The molecule has 0 unspecified atom stereocenters. The number of pyridine rings is 1. The number of hydrogen-bond donors (Lipinski definition) is 1. The van der Waals surface area contributed by atoms with Crippen LogP contribution in [0.25, 0.3) is 0 Å². The number of rotatable bonds is 1. The molecule has 15 heavy (non-hydrogen) atoms. The van der Waals surface area contributed by atoms with Crippen LogP contribution in [0, 0.1) is 0 Å². The maximum Gasteiger partial charge on any atom is 0.168 e. The van der Waals surface area contributed by atoms with E-state index in [0.717, 1.165) is 12.0 Å². The Bertz CT molecular complexity index is 387. The number of anilines is 1. The van der Waals surface area contributed by atoms with E-state index in [4.69, 9.17) is 5.73 Å². The summed E-state index contributed by atoms with van der Waals surface area (Å²) in [5.41, 5.74) is 6.66. The zero-order valence-corrected chi connectivity index (χ0v) is 8.21. The number of carbonyl (C=O) groups is 1. The first-order valence-electron chi connectivity index (χ1n) is 4.49. The summed E-state index contributed by atoms with van der Waals surface area (Å²) >= 11 is 0. The lowest BCUT2D eigenvalue weighted by atomic mass is 10.3. The summed E-state index contributed by atoms with van der Waals surface area (Å²) in [6, 6.07) is 14.7. The van der Waals surface area contributed by atoms with Crippen molar-refractivity contribution in [1.29, 1.82) is 0 Å². The van der Waals surface area contributed by atoms with E-state index in [0.29, 0.717) is 5.69 Å². The van der Waals surface area contributed by atoms with Gasteiger partial charge in [0.1, 0.15) is 5.69 Å². The first-order chi connectivity index (χ1) is 7.33. The van der Waals surface area contributed by atoms with Crippen LogP contribution in [0.1, 0.15) is 10.5 Å². The molecule has 3 heteroatoms. The second-order valence-electron chi connectivity index (χ2n) is 2.78. The maximum absolute atomic E-state index is 9.94. The molecule has 0 fully saturated rings. The maximum atomic E-state index is 9.94. The summed E-state index contributed by atoms with van der Waals surface area (Å²) in [4.78, 5) is 13.7. The number of benzene rings is 1. The molecule has 0 spiro atoms. The number of aldehydes is 1. The van der Waals surface area contributed by atoms with Crippen molar-refractivity contribution in [1.82, 2.24) is 4.98 Å². The molecule has 2 aromatic rings. The third-order valence-corrected chi connectivity index (χ3v) is 1.61. The van der Waals surface area contributed by atoms with E-state index in [1.54, 1.807) is 24.4 Å². The molecule has 1 heterocycles. The monoisotopic (exact) mass is 200 g/mol. The Balaban J connectivity index is 0.000000151. The summed E-state index contributed by atoms with van der Waals surface area (Å²) in [5, 5.41) is 0. The number of carbonyl (C=O) groups excluding carboxylic acids is 1. The fraction of sp³-hybridized carbons (Fsp3) is 0. The molecule has 0 aliphatic heterocycles. The van der Waals surface area contributed by atoms with Crippen LogP contribution in [0.5, 0.6) is 0 Å². The van der Waals surface area contributed by atoms with Crippen LogP contribution >= 0.6 is 0 Å². The Labute approximate surface area is 88.6 Å². The summed E-state index contributed by atoms with van der Waals surface area (Å²) in [6.45, 7) is 0. The fourth-order valence-electron chi connectivity index (χ4n) is 0.899. The van der Waals surface area contributed by atoms with Gasteiger partial charge in [-0.2, -0.15) is 0 Å². The van der Waals surface area contributed by atoms with Gasteiger partial charge < -0.3 is 5.73 Å². The van der Waals surface area contributed by atoms with E-state index in [-0.39, 0.29) is 0 Å². The molecule has 0 atom stereocenters. The molecule has 1 aromatic heterocycles. The van der Waals surface area contributed by atoms with Gasteiger partial charge in [0.25, 0.3) is 0 Å². The van der Waals surface area contributed by atoms with Crippen molar-refractivity contribution >= 4 is 12.0 Å². The smallest absolute Gasteiger partial charge is 0.168 e. The molecule has 76 valence electrons. The van der Waals surface area contributed by atoms with Crippen molar-refractivity contribution in [2.75, 3.05) is 5.73 Å². The molecule has 0 radical (unpaired) electrons. The second-order valence-corrected chi connectivity index (χ2v) is 2.78. The molecular weight excluding hydrogens is 188 g/mol. The van der Waals surface area contributed by atoms with Gasteiger partial charge >= 0.3 is 0 Å². The SMILES string of the molecule is Nc1ccccc1.O=Cc1ccccn1. The van der Waals surface area contributed by atoms with Gasteiger partial charge in [-0.25, -0.2) is 0 Å². The first kappa shape index (κ1) is 10.9. The van der Waals surface area contributed by atoms with Crippen molar-refractivity contribution in [3.05, 3.63) is 60.4 Å². The average Bonchev–Trinajstić information content (AvgIpc) is 2.32. The second kappa shape index (κ2) is 6.32. The molecule has 0 amide bonds. The van der Waals surface area contributed by atoms with E-state index < -0.39 is 0 Å². The molecule has 0 saturated carbocycles. The van der Waals surface area contributed by atoms with Crippen LogP contribution in [-0.2, 0) is 0 Å². The van der Waals surface area contributed by atoms with Gasteiger partial charge in [-0.15, -0.1) is 0 Å². The van der Waals surface area contributed by atoms with Gasteiger partial charge in [0.15, 0.2) is 6.29 Å². The van der Waals surface area contributed by atoms with Gasteiger partial charge in [0.2, 0.25) is 0 Å². The van der Waals surface area contributed by atoms with Gasteiger partial charge in [-0.1, -0.05) is 24.3 Å². The van der Waals surface area contributed by atoms with Crippen molar-refractivity contribution in [3.63, 3.8) is 0 Å². The normalized spacial score (nSPS) is 8.53. The van der Waals surface area contributed by atoms with Crippen LogP contribution in [-0.4, -0.2) is 11.3 Å². The van der Waals surface area contributed by atoms with Crippen LogP contribution in [0.4, 0.5) is 5.69 Å². The van der Waals surface area contributed by atoms with E-state index in [1.807, 2.05) is 30.3 Å². The summed E-state index contributed by atoms with van der Waals surface area (Å²) in [7, 11) is 0. The van der Waals surface area contributed by atoms with Gasteiger partial charge in [0.05, 0.1) is 0 Å². The van der Waals surface area contributed by atoms with Gasteiger partial charge in [0, 0.05) is 11.9 Å². The Hall–Kier alpha value is -2.16. The van der Waals surface area contributed by atoms with Crippen LogP contribution in [0.3, 0.4) is 0 Å². The lowest BCUT2D eigenvalue weighted by Gasteiger charge is -1.83. The lowest BCUT2D eigenvalue weighted by Crippen LogP contribution is -1.80. The highest BCUT2D eigenvalue weighted by Crippen LogP contribution is 1.95. The number of para-hydroxylation sites is 1. The number of hydrogen-bond acceptors (Lipinski definition) is 3. The molecule has 0 aliphatic rings. The summed E-state index contributed by atoms with van der Waals surface area (Å²) in [5.74, 6) is 0. The third-order valence-electron chi connectivity index (χ3n) is 1.61. The molecule has 3 nitrogen and oxygen atoms in total. The standard InChI is InChI=1S/C6H5NO.C6H7N/c8-5-6-3-1-2-4-7-6;7-6-4-2-1-3-5-6/h1-5H;1-5H,7H2. The highest BCUT2D eigenvalue weighted by molar-refractivity contribution is 5.71. The predicted octanol–water partition coefficient (Wildman–Crippen LogP) is 2.16. The van der Waals surface area contributed by atoms with Crippen LogP contribution < -0.4 is 5.73 Å². The summed E-state index contributed by atoms with van der Waals surface area (Å²) in [6.07, 6.45) is 2.31. The van der Waals surface area contributed by atoms with Gasteiger partial charge in [-0.3, -0.25) is 9.78 Å². The van der Waals surface area contributed by atoms with Crippen LogP contribution in [0.2, 0.25) is 0 Å². The Morgan fingerprint density at radius 1 is 1.00 bits per heavy atom. The molecule has 0 bridgehead atoms. The minimum absolute atomic E-state index is 0.479. The molecule has 0 aliphatic carbocycles. The molecule has 2 rings (SSSR count).